The molecule has 1 amide bonds. The summed E-state index contributed by atoms with van der Waals surface area (Å²) in [6.07, 6.45) is 0. The summed E-state index contributed by atoms with van der Waals surface area (Å²) < 4.78 is 3.27. The number of amides is 1. The number of benzene rings is 1. The third-order valence-corrected chi connectivity index (χ3v) is 5.11. The van der Waals surface area contributed by atoms with Gasteiger partial charge in [-0.1, -0.05) is 13.0 Å². The van der Waals surface area contributed by atoms with E-state index < -0.39 is 0 Å². The zero-order chi connectivity index (χ0) is 18.0. The van der Waals surface area contributed by atoms with Crippen LogP contribution in [0.25, 0.3) is 11.0 Å². The number of rotatable bonds is 5. The molecule has 3 rings (SSSR count). The summed E-state index contributed by atoms with van der Waals surface area (Å²) in [5.74, 6) is 0.0481. The van der Waals surface area contributed by atoms with Gasteiger partial charge < -0.3 is 10.2 Å². The molecule has 1 aliphatic rings. The van der Waals surface area contributed by atoms with Crippen LogP contribution in [-0.2, 0) is 25.4 Å². The molecule has 0 atom stereocenters. The summed E-state index contributed by atoms with van der Waals surface area (Å²) in [5.41, 5.74) is 2.74. The maximum atomic E-state index is 12.2. The second-order valence-electron chi connectivity index (χ2n) is 6.71. The normalized spacial score (nSPS) is 16.4. The quantitative estimate of drug-likeness (QED) is 0.837. The first-order valence-electron chi connectivity index (χ1n) is 8.85. The fraction of sp³-hybridized carbons (Fsp3) is 0.556. The molecule has 0 bridgehead atoms. The van der Waals surface area contributed by atoms with Crippen molar-refractivity contribution < 1.29 is 4.79 Å². The first-order valence-corrected chi connectivity index (χ1v) is 8.85. The third kappa shape index (κ3) is 3.77. The molecule has 1 N–H and O–H groups in total. The zero-order valence-electron chi connectivity index (χ0n) is 15.3. The second-order valence-corrected chi connectivity index (χ2v) is 6.71. The molecule has 1 fully saturated rings. The van der Waals surface area contributed by atoms with Crippen LogP contribution < -0.4 is 11.0 Å². The molecule has 0 spiro atoms. The van der Waals surface area contributed by atoms with E-state index in [1.54, 1.807) is 23.2 Å². The molecule has 2 heterocycles. The van der Waals surface area contributed by atoms with Gasteiger partial charge in [0.1, 0.15) is 0 Å². The number of aromatic nitrogens is 2. The number of imidazole rings is 1. The Kier molecular flexibility index (Phi) is 5.24. The molecule has 1 aliphatic heterocycles. The van der Waals surface area contributed by atoms with E-state index in [0.717, 1.165) is 49.3 Å². The standard InChI is InChI=1S/C18H27N5O2/c1-4-22-7-9-23(10-8-22)13-17(24)19-12-14-5-6-15-16(11-14)21(3)18(25)20(15)2/h5-6,11H,4,7-10,12-13H2,1-3H3,(H,19,24). The highest BCUT2D eigenvalue weighted by Crippen LogP contribution is 2.14. The van der Waals surface area contributed by atoms with E-state index in [1.165, 1.54) is 0 Å². The largest absolute Gasteiger partial charge is 0.351 e. The topological polar surface area (TPSA) is 62.5 Å². The van der Waals surface area contributed by atoms with Crippen LogP contribution in [-0.4, -0.2) is 64.1 Å². The van der Waals surface area contributed by atoms with Gasteiger partial charge in [-0.15, -0.1) is 0 Å². The molecule has 7 nitrogen and oxygen atoms in total. The summed E-state index contributed by atoms with van der Waals surface area (Å²) in [7, 11) is 3.54. The monoisotopic (exact) mass is 345 g/mol. The zero-order valence-corrected chi connectivity index (χ0v) is 15.3. The average Bonchev–Trinajstić information content (AvgIpc) is 2.85. The van der Waals surface area contributed by atoms with Crippen molar-refractivity contribution in [2.24, 2.45) is 14.1 Å². The minimum absolute atomic E-state index is 0.0394. The van der Waals surface area contributed by atoms with E-state index in [9.17, 15) is 9.59 Å². The van der Waals surface area contributed by atoms with E-state index in [4.69, 9.17) is 0 Å². The Morgan fingerprint density at radius 3 is 2.36 bits per heavy atom. The lowest BCUT2D eigenvalue weighted by Crippen LogP contribution is -2.49. The number of carbonyl (C=O) groups excluding carboxylic acids is 1. The number of aryl methyl sites for hydroxylation is 2. The van der Waals surface area contributed by atoms with Gasteiger partial charge in [0.2, 0.25) is 5.91 Å². The van der Waals surface area contributed by atoms with Crippen molar-refractivity contribution in [1.29, 1.82) is 0 Å². The summed E-state index contributed by atoms with van der Waals surface area (Å²) in [6.45, 7) is 8.12. The molecular weight excluding hydrogens is 318 g/mol. The van der Waals surface area contributed by atoms with Crippen molar-refractivity contribution in [2.45, 2.75) is 13.5 Å². The van der Waals surface area contributed by atoms with Gasteiger partial charge in [0.25, 0.3) is 0 Å². The Morgan fingerprint density at radius 2 is 1.68 bits per heavy atom. The summed E-state index contributed by atoms with van der Waals surface area (Å²) >= 11 is 0. The Morgan fingerprint density at radius 1 is 1.04 bits per heavy atom. The summed E-state index contributed by atoms with van der Waals surface area (Å²) in [6, 6.07) is 5.86. The first kappa shape index (κ1) is 17.7. The van der Waals surface area contributed by atoms with Crippen molar-refractivity contribution in [2.75, 3.05) is 39.3 Å². The number of piperazine rings is 1. The second kappa shape index (κ2) is 7.41. The molecule has 1 aromatic heterocycles. The Labute approximate surface area is 147 Å². The molecule has 1 saturated heterocycles. The van der Waals surface area contributed by atoms with Crippen molar-refractivity contribution in [3.63, 3.8) is 0 Å². The Balaban J connectivity index is 1.56. The lowest BCUT2D eigenvalue weighted by atomic mass is 10.2. The molecule has 0 saturated carbocycles. The molecule has 1 aromatic carbocycles. The molecular formula is C18H27N5O2. The molecule has 25 heavy (non-hydrogen) atoms. The number of nitrogens with one attached hydrogen (secondary N) is 1. The first-order chi connectivity index (χ1) is 12.0. The fourth-order valence-electron chi connectivity index (χ4n) is 3.39. The Bertz CT molecular complexity index is 815. The van der Waals surface area contributed by atoms with E-state index in [1.807, 2.05) is 18.2 Å². The van der Waals surface area contributed by atoms with Gasteiger partial charge in [-0.05, 0) is 24.2 Å². The van der Waals surface area contributed by atoms with Gasteiger partial charge in [-0.25, -0.2) is 4.79 Å². The number of carbonyl (C=O) groups is 1. The van der Waals surface area contributed by atoms with Gasteiger partial charge in [0, 0.05) is 46.8 Å². The van der Waals surface area contributed by atoms with Crippen LogP contribution >= 0.6 is 0 Å². The van der Waals surface area contributed by atoms with Crippen LogP contribution in [0.5, 0.6) is 0 Å². The molecule has 0 radical (unpaired) electrons. The minimum Gasteiger partial charge on any atom is -0.351 e. The fourth-order valence-corrected chi connectivity index (χ4v) is 3.39. The van der Waals surface area contributed by atoms with Gasteiger partial charge in [-0.3, -0.25) is 18.8 Å². The van der Waals surface area contributed by atoms with E-state index in [2.05, 4.69) is 22.0 Å². The minimum atomic E-state index is -0.0394. The van der Waals surface area contributed by atoms with Gasteiger partial charge in [-0.2, -0.15) is 0 Å². The molecule has 7 heteroatoms. The van der Waals surface area contributed by atoms with Gasteiger partial charge in [0.15, 0.2) is 0 Å². The van der Waals surface area contributed by atoms with Crippen molar-refractivity contribution in [1.82, 2.24) is 24.3 Å². The van der Waals surface area contributed by atoms with Crippen LogP contribution in [0.15, 0.2) is 23.0 Å². The molecule has 0 unspecified atom stereocenters. The number of likely N-dealkylation sites (N-methyl/N-ethyl adjacent to an activating group) is 1. The highest BCUT2D eigenvalue weighted by molar-refractivity contribution is 5.79. The van der Waals surface area contributed by atoms with Crippen LogP contribution in [0, 0.1) is 0 Å². The smallest absolute Gasteiger partial charge is 0.328 e. The number of hydrogen-bond acceptors (Lipinski definition) is 4. The van der Waals surface area contributed by atoms with Crippen LogP contribution in [0.3, 0.4) is 0 Å². The predicted octanol–water partition coefficient (Wildman–Crippen LogP) is 0.131. The maximum Gasteiger partial charge on any atom is 0.328 e. The number of nitrogens with zero attached hydrogens (tertiary/aromatic N) is 4. The highest BCUT2D eigenvalue weighted by Gasteiger charge is 2.17. The number of fused-ring (bicyclic) bond motifs is 1. The Hall–Kier alpha value is -2.12. The van der Waals surface area contributed by atoms with E-state index >= 15 is 0 Å². The molecule has 136 valence electrons. The maximum absolute atomic E-state index is 12.2. The SMILES string of the molecule is CCN1CCN(CC(=O)NCc2ccc3c(c2)n(C)c(=O)n3C)CC1. The predicted molar refractivity (Wildman–Crippen MR) is 98.6 cm³/mol. The third-order valence-electron chi connectivity index (χ3n) is 5.11. The lowest BCUT2D eigenvalue weighted by Gasteiger charge is -2.33. The van der Waals surface area contributed by atoms with Gasteiger partial charge >= 0.3 is 5.69 Å². The summed E-state index contributed by atoms with van der Waals surface area (Å²) in [5, 5.41) is 2.99. The van der Waals surface area contributed by atoms with E-state index in [0.29, 0.717) is 13.1 Å². The van der Waals surface area contributed by atoms with Crippen LogP contribution in [0.1, 0.15) is 12.5 Å². The van der Waals surface area contributed by atoms with Gasteiger partial charge in [0.05, 0.1) is 17.6 Å². The van der Waals surface area contributed by atoms with E-state index in [-0.39, 0.29) is 11.6 Å². The average molecular weight is 345 g/mol. The van der Waals surface area contributed by atoms with Crippen molar-refractivity contribution in [3.8, 4) is 0 Å². The van der Waals surface area contributed by atoms with Crippen molar-refractivity contribution >= 4 is 16.9 Å². The van der Waals surface area contributed by atoms with Crippen LogP contribution in [0.4, 0.5) is 0 Å². The van der Waals surface area contributed by atoms with Crippen molar-refractivity contribution in [3.05, 3.63) is 34.2 Å². The summed E-state index contributed by atoms with van der Waals surface area (Å²) in [4.78, 5) is 28.8. The lowest BCUT2D eigenvalue weighted by molar-refractivity contribution is -0.122. The number of hydrogen-bond donors (Lipinski definition) is 1. The van der Waals surface area contributed by atoms with Crippen LogP contribution in [0.2, 0.25) is 0 Å². The molecule has 0 aliphatic carbocycles. The molecule has 2 aromatic rings. The highest BCUT2D eigenvalue weighted by atomic mass is 16.2.